The van der Waals surface area contributed by atoms with Crippen LogP contribution in [0.5, 0.6) is 0 Å². The van der Waals surface area contributed by atoms with Crippen LogP contribution >= 0.6 is 0 Å². The fourth-order valence-corrected chi connectivity index (χ4v) is 3.85. The minimum absolute atomic E-state index is 0.394. The monoisotopic (exact) mass is 364 g/mol. The highest BCUT2D eigenvalue weighted by Crippen LogP contribution is 2.32. The molecule has 0 bridgehead atoms. The summed E-state index contributed by atoms with van der Waals surface area (Å²) in [6, 6.07) is 0. The van der Waals surface area contributed by atoms with Gasteiger partial charge in [-0.15, -0.1) is 0 Å². The van der Waals surface area contributed by atoms with E-state index in [2.05, 4.69) is 69.9 Å². The fraction of sp³-hybridized carbons (Fsp3) is 0.462. The van der Waals surface area contributed by atoms with E-state index in [4.69, 9.17) is 4.74 Å². The van der Waals surface area contributed by atoms with Crippen molar-refractivity contribution in [1.29, 1.82) is 0 Å². The van der Waals surface area contributed by atoms with Gasteiger partial charge in [-0.3, -0.25) is 0 Å². The summed E-state index contributed by atoms with van der Waals surface area (Å²) in [5.74, 6) is 1.45. The molecule has 0 saturated heterocycles. The van der Waals surface area contributed by atoms with E-state index in [1.165, 1.54) is 47.1 Å². The smallest absolute Gasteiger partial charge is 0.118 e. The first-order valence-corrected chi connectivity index (χ1v) is 10.4. The Morgan fingerprint density at radius 3 is 2.78 bits per heavy atom. The lowest BCUT2D eigenvalue weighted by molar-refractivity contribution is 0.298. The third-order valence-corrected chi connectivity index (χ3v) is 5.42. The highest BCUT2D eigenvalue weighted by atomic mass is 16.5. The van der Waals surface area contributed by atoms with Gasteiger partial charge in [0.2, 0.25) is 0 Å². The molecule has 0 aromatic heterocycles. The summed E-state index contributed by atoms with van der Waals surface area (Å²) in [6.45, 7) is 11.1. The van der Waals surface area contributed by atoms with Gasteiger partial charge in [0, 0.05) is 0 Å². The Balaban J connectivity index is 2.24. The van der Waals surface area contributed by atoms with E-state index in [-0.39, 0.29) is 0 Å². The number of hydrogen-bond donors (Lipinski definition) is 0. The van der Waals surface area contributed by atoms with Crippen molar-refractivity contribution in [2.75, 3.05) is 7.11 Å². The second-order valence-electron chi connectivity index (χ2n) is 7.74. The van der Waals surface area contributed by atoms with Crippen molar-refractivity contribution in [2.45, 2.75) is 65.7 Å². The summed E-state index contributed by atoms with van der Waals surface area (Å²) in [4.78, 5) is 0. The number of unbranched alkanes of at least 4 members (excludes halogenated alkanes) is 2. The van der Waals surface area contributed by atoms with Gasteiger partial charge in [0.15, 0.2) is 0 Å². The van der Waals surface area contributed by atoms with Crippen molar-refractivity contribution in [2.24, 2.45) is 5.92 Å². The first-order valence-electron chi connectivity index (χ1n) is 10.4. The Morgan fingerprint density at radius 1 is 1.22 bits per heavy atom. The molecule has 1 nitrogen and oxygen atoms in total. The molecule has 0 fully saturated rings. The van der Waals surface area contributed by atoms with E-state index in [1.807, 2.05) is 0 Å². The molecule has 1 unspecified atom stereocenters. The SMILES string of the molecule is C=C(CC1C=CC=CC(C)=C1)C1=C/C(OC)=C(/CCCCC)CCC=C1C. The van der Waals surface area contributed by atoms with E-state index < -0.39 is 0 Å². The molecule has 0 amide bonds. The van der Waals surface area contributed by atoms with Gasteiger partial charge in [0.1, 0.15) is 5.76 Å². The topological polar surface area (TPSA) is 9.23 Å². The average molecular weight is 365 g/mol. The Bertz CT molecular complexity index is 706. The van der Waals surface area contributed by atoms with Crippen LogP contribution in [-0.4, -0.2) is 7.11 Å². The second-order valence-corrected chi connectivity index (χ2v) is 7.74. The summed E-state index contributed by atoms with van der Waals surface area (Å²) in [5.41, 5.74) is 6.52. The Hall–Kier alpha value is -2.02. The van der Waals surface area contributed by atoms with Gasteiger partial charge in [0.25, 0.3) is 0 Å². The standard InChI is InChI=1S/C26H36O/c1-6-7-8-15-24-16-11-13-21(3)25(19-26(24)27-5)22(4)18-23-14-10-9-12-20(2)17-23/h9-10,12-14,17,19,23H,4,6-8,11,15-16,18H2,1-3,5H3/b21-13?,25-19?,26-24+. The molecule has 0 aromatic rings. The van der Waals surface area contributed by atoms with Crippen molar-refractivity contribution >= 4 is 0 Å². The number of hydrogen-bond acceptors (Lipinski definition) is 1. The molecule has 2 rings (SSSR count). The van der Waals surface area contributed by atoms with E-state index in [0.717, 1.165) is 31.4 Å². The molecule has 2 aliphatic carbocycles. The largest absolute Gasteiger partial charge is 0.497 e. The third-order valence-electron chi connectivity index (χ3n) is 5.42. The summed E-state index contributed by atoms with van der Waals surface area (Å²) in [6.07, 6.45) is 23.7. The number of rotatable bonds is 8. The number of methoxy groups -OCH3 is 1. The maximum Gasteiger partial charge on any atom is 0.118 e. The second kappa shape index (κ2) is 11.0. The van der Waals surface area contributed by atoms with Crippen molar-refractivity contribution in [1.82, 2.24) is 0 Å². The Labute approximate surface area is 166 Å². The molecule has 1 heteroatoms. The molecule has 0 saturated carbocycles. The normalized spacial score (nSPS) is 23.0. The molecule has 2 aliphatic rings. The lowest BCUT2D eigenvalue weighted by atomic mass is 9.87. The number of allylic oxidation sites excluding steroid dienone is 12. The van der Waals surface area contributed by atoms with Gasteiger partial charge >= 0.3 is 0 Å². The Morgan fingerprint density at radius 2 is 2.04 bits per heavy atom. The van der Waals surface area contributed by atoms with Gasteiger partial charge < -0.3 is 4.74 Å². The molecule has 0 heterocycles. The third kappa shape index (κ3) is 6.57. The van der Waals surface area contributed by atoms with Gasteiger partial charge in [-0.1, -0.05) is 68.4 Å². The summed E-state index contributed by atoms with van der Waals surface area (Å²) < 4.78 is 5.82. The maximum atomic E-state index is 5.82. The lowest BCUT2D eigenvalue weighted by Crippen LogP contribution is -2.03. The van der Waals surface area contributed by atoms with Crippen LogP contribution in [-0.2, 0) is 4.74 Å². The van der Waals surface area contributed by atoms with Gasteiger partial charge in [-0.25, -0.2) is 0 Å². The first kappa shape index (κ1) is 21.3. The average Bonchev–Trinajstić information content (AvgIpc) is 2.83. The van der Waals surface area contributed by atoms with Crippen LogP contribution in [0.2, 0.25) is 0 Å². The van der Waals surface area contributed by atoms with E-state index in [0.29, 0.717) is 5.92 Å². The van der Waals surface area contributed by atoms with Crippen LogP contribution in [0.4, 0.5) is 0 Å². The zero-order valence-electron chi connectivity index (χ0n) is 17.7. The predicted molar refractivity (Wildman–Crippen MR) is 119 cm³/mol. The molecule has 0 aliphatic heterocycles. The van der Waals surface area contributed by atoms with Crippen LogP contribution in [0, 0.1) is 5.92 Å². The zero-order chi connectivity index (χ0) is 19.6. The summed E-state index contributed by atoms with van der Waals surface area (Å²) in [5, 5.41) is 0. The molecule has 27 heavy (non-hydrogen) atoms. The molecule has 1 atom stereocenters. The van der Waals surface area contributed by atoms with Crippen LogP contribution in [0.1, 0.15) is 65.7 Å². The van der Waals surface area contributed by atoms with Crippen LogP contribution in [0.15, 0.2) is 82.7 Å². The molecule has 0 radical (unpaired) electrons. The van der Waals surface area contributed by atoms with Crippen LogP contribution in [0.3, 0.4) is 0 Å². The highest BCUT2D eigenvalue weighted by molar-refractivity contribution is 5.49. The minimum Gasteiger partial charge on any atom is -0.497 e. The van der Waals surface area contributed by atoms with Crippen molar-refractivity contribution < 1.29 is 4.74 Å². The highest BCUT2D eigenvalue weighted by Gasteiger charge is 2.15. The number of ether oxygens (including phenoxy) is 1. The molecular formula is C26H36O. The van der Waals surface area contributed by atoms with Gasteiger partial charge in [-0.05, 0) is 80.2 Å². The zero-order valence-corrected chi connectivity index (χ0v) is 17.7. The molecular weight excluding hydrogens is 328 g/mol. The van der Waals surface area contributed by atoms with Crippen LogP contribution < -0.4 is 0 Å². The van der Waals surface area contributed by atoms with E-state index in [1.54, 1.807) is 7.11 Å². The van der Waals surface area contributed by atoms with Gasteiger partial charge in [-0.2, -0.15) is 0 Å². The van der Waals surface area contributed by atoms with Crippen molar-refractivity contribution in [3.05, 3.63) is 82.7 Å². The summed E-state index contributed by atoms with van der Waals surface area (Å²) in [7, 11) is 1.80. The quantitative estimate of drug-likeness (QED) is 0.400. The molecule has 0 N–H and O–H groups in total. The first-order chi connectivity index (χ1) is 13.0. The molecule has 146 valence electrons. The van der Waals surface area contributed by atoms with E-state index in [9.17, 15) is 0 Å². The predicted octanol–water partition coefficient (Wildman–Crippen LogP) is 7.77. The van der Waals surface area contributed by atoms with Crippen molar-refractivity contribution in [3.8, 4) is 0 Å². The van der Waals surface area contributed by atoms with E-state index >= 15 is 0 Å². The Kier molecular flexibility index (Phi) is 8.64. The summed E-state index contributed by atoms with van der Waals surface area (Å²) >= 11 is 0. The van der Waals surface area contributed by atoms with Crippen LogP contribution in [0.25, 0.3) is 0 Å². The molecule has 0 aromatic carbocycles. The minimum atomic E-state index is 0.394. The van der Waals surface area contributed by atoms with Crippen molar-refractivity contribution in [3.63, 3.8) is 0 Å². The fourth-order valence-electron chi connectivity index (χ4n) is 3.85. The van der Waals surface area contributed by atoms with Gasteiger partial charge in [0.05, 0.1) is 7.11 Å². The molecule has 0 spiro atoms. The lowest BCUT2D eigenvalue weighted by Gasteiger charge is -2.20. The maximum absolute atomic E-state index is 5.82.